The number of para-hydroxylation sites is 1. The van der Waals surface area contributed by atoms with Gasteiger partial charge in [0.05, 0.1) is 12.3 Å². The third-order valence-electron chi connectivity index (χ3n) is 3.85. The van der Waals surface area contributed by atoms with Gasteiger partial charge in [-0.15, -0.1) is 0 Å². The predicted octanol–water partition coefficient (Wildman–Crippen LogP) is 5.07. The highest BCUT2D eigenvalue weighted by Gasteiger charge is 2.16. The van der Waals surface area contributed by atoms with Gasteiger partial charge in [-0.1, -0.05) is 34.1 Å². The molecule has 0 aliphatic heterocycles. The molecule has 5 heteroatoms. The Morgan fingerprint density at radius 2 is 1.96 bits per heavy atom. The van der Waals surface area contributed by atoms with Gasteiger partial charge in [-0.3, -0.25) is 4.79 Å². The second-order valence-electron chi connectivity index (χ2n) is 5.36. The van der Waals surface area contributed by atoms with E-state index in [1.54, 1.807) is 0 Å². The Morgan fingerprint density at radius 3 is 2.71 bits per heavy atom. The van der Waals surface area contributed by atoms with Gasteiger partial charge in [0.1, 0.15) is 11.4 Å². The van der Waals surface area contributed by atoms with Crippen LogP contribution in [0.15, 0.2) is 53.0 Å². The molecule has 1 heterocycles. The number of fused-ring (bicyclic) bond motifs is 1. The molecule has 1 N–H and O–H groups in total. The van der Waals surface area contributed by atoms with Crippen molar-refractivity contribution in [1.29, 1.82) is 0 Å². The number of amides is 1. The minimum Gasteiger partial charge on any atom is -0.492 e. The van der Waals surface area contributed by atoms with Gasteiger partial charge >= 0.3 is 0 Å². The first-order valence-electron chi connectivity index (χ1n) is 7.96. The van der Waals surface area contributed by atoms with Crippen molar-refractivity contribution in [3.05, 3.63) is 58.7 Å². The number of carbonyl (C=O) groups is 1. The highest BCUT2D eigenvalue weighted by molar-refractivity contribution is 9.10. The first-order valence-corrected chi connectivity index (χ1v) is 8.75. The lowest BCUT2D eigenvalue weighted by Gasteiger charge is -2.13. The zero-order valence-corrected chi connectivity index (χ0v) is 15.3. The van der Waals surface area contributed by atoms with Crippen LogP contribution in [-0.4, -0.2) is 17.1 Å². The van der Waals surface area contributed by atoms with Crippen molar-refractivity contribution in [3.8, 4) is 5.75 Å². The summed E-state index contributed by atoms with van der Waals surface area (Å²) < 4.78 is 8.51. The lowest BCUT2D eigenvalue weighted by Crippen LogP contribution is -2.17. The number of ether oxygens (including phenoxy) is 1. The van der Waals surface area contributed by atoms with Gasteiger partial charge in [0, 0.05) is 21.9 Å². The van der Waals surface area contributed by atoms with E-state index < -0.39 is 0 Å². The molecule has 1 amide bonds. The normalized spacial score (nSPS) is 10.8. The fourth-order valence-electron chi connectivity index (χ4n) is 2.81. The summed E-state index contributed by atoms with van der Waals surface area (Å²) in [6.45, 7) is 5.23. The molecule has 0 aliphatic rings. The van der Waals surface area contributed by atoms with Crippen LogP contribution in [0.2, 0.25) is 0 Å². The first kappa shape index (κ1) is 16.6. The Hall–Kier alpha value is -2.27. The van der Waals surface area contributed by atoms with Crippen molar-refractivity contribution >= 4 is 38.4 Å². The van der Waals surface area contributed by atoms with E-state index in [0.717, 1.165) is 21.9 Å². The van der Waals surface area contributed by atoms with Crippen LogP contribution >= 0.6 is 15.9 Å². The number of rotatable bonds is 5. The van der Waals surface area contributed by atoms with Crippen LogP contribution in [0.5, 0.6) is 5.75 Å². The number of halogens is 1. The lowest BCUT2D eigenvalue weighted by atomic mass is 10.2. The van der Waals surface area contributed by atoms with E-state index in [0.29, 0.717) is 23.7 Å². The van der Waals surface area contributed by atoms with Gasteiger partial charge in [0.25, 0.3) is 5.91 Å². The summed E-state index contributed by atoms with van der Waals surface area (Å²) in [5, 5.41) is 4.03. The van der Waals surface area contributed by atoms with Crippen LogP contribution in [0.25, 0.3) is 10.9 Å². The molecule has 0 aliphatic carbocycles. The Balaban J connectivity index is 1.97. The number of hydrogen-bond donors (Lipinski definition) is 1. The maximum Gasteiger partial charge on any atom is 0.272 e. The Labute approximate surface area is 149 Å². The largest absolute Gasteiger partial charge is 0.492 e. The number of aryl methyl sites for hydroxylation is 1. The molecule has 4 nitrogen and oxygen atoms in total. The smallest absolute Gasteiger partial charge is 0.272 e. The Morgan fingerprint density at radius 1 is 1.17 bits per heavy atom. The maximum absolute atomic E-state index is 12.8. The minimum absolute atomic E-state index is 0.146. The number of aromatic nitrogens is 1. The number of nitrogens with one attached hydrogen (secondary N) is 1. The third kappa shape index (κ3) is 3.17. The van der Waals surface area contributed by atoms with Gasteiger partial charge in [-0.25, -0.2) is 0 Å². The van der Waals surface area contributed by atoms with E-state index in [-0.39, 0.29) is 5.91 Å². The van der Waals surface area contributed by atoms with E-state index in [1.165, 1.54) is 0 Å². The molecule has 0 unspecified atom stereocenters. The lowest BCUT2D eigenvalue weighted by molar-refractivity contribution is 0.101. The van der Waals surface area contributed by atoms with Crippen molar-refractivity contribution < 1.29 is 9.53 Å². The predicted molar refractivity (Wildman–Crippen MR) is 101 cm³/mol. The summed E-state index contributed by atoms with van der Waals surface area (Å²) in [4.78, 5) is 12.8. The summed E-state index contributed by atoms with van der Waals surface area (Å²) in [5.41, 5.74) is 2.36. The monoisotopic (exact) mass is 386 g/mol. The van der Waals surface area contributed by atoms with Gasteiger partial charge in [-0.2, -0.15) is 0 Å². The average Bonchev–Trinajstić information content (AvgIpc) is 2.96. The Kier molecular flexibility index (Phi) is 4.90. The standard InChI is InChI=1S/C19H19BrN2O2/c1-3-22-16-8-6-5-7-13(16)11-17(22)19(23)21-15-12-14(20)9-10-18(15)24-4-2/h5-12H,3-4H2,1-2H3,(H,21,23). The highest BCUT2D eigenvalue weighted by atomic mass is 79.9. The van der Waals surface area contributed by atoms with Crippen molar-refractivity contribution in [2.24, 2.45) is 0 Å². The number of nitrogens with zero attached hydrogens (tertiary/aromatic N) is 1. The zero-order chi connectivity index (χ0) is 17.1. The van der Waals surface area contributed by atoms with Crippen molar-refractivity contribution in [3.63, 3.8) is 0 Å². The molecule has 0 fully saturated rings. The maximum atomic E-state index is 12.8. The number of benzene rings is 2. The average molecular weight is 387 g/mol. The van der Waals surface area contributed by atoms with E-state index in [9.17, 15) is 4.79 Å². The molecule has 0 saturated heterocycles. The molecule has 3 rings (SSSR count). The third-order valence-corrected chi connectivity index (χ3v) is 4.34. The SMILES string of the molecule is CCOc1ccc(Br)cc1NC(=O)c1cc2ccccc2n1CC. The summed E-state index contributed by atoms with van der Waals surface area (Å²) in [7, 11) is 0. The molecule has 2 aromatic carbocycles. The molecule has 124 valence electrons. The van der Waals surface area contributed by atoms with E-state index in [2.05, 4.69) is 21.2 Å². The van der Waals surface area contributed by atoms with Gasteiger partial charge in [0.2, 0.25) is 0 Å². The van der Waals surface area contributed by atoms with Crippen LogP contribution in [0, 0.1) is 0 Å². The molecule has 0 saturated carbocycles. The van der Waals surface area contributed by atoms with Gasteiger partial charge < -0.3 is 14.6 Å². The summed E-state index contributed by atoms with van der Waals surface area (Å²) >= 11 is 3.44. The quantitative estimate of drug-likeness (QED) is 0.664. The number of carbonyl (C=O) groups excluding carboxylic acids is 1. The second kappa shape index (κ2) is 7.09. The Bertz CT molecular complexity index is 886. The van der Waals surface area contributed by atoms with Gasteiger partial charge in [0.15, 0.2) is 0 Å². The van der Waals surface area contributed by atoms with Crippen LogP contribution in [0.4, 0.5) is 5.69 Å². The number of anilines is 1. The van der Waals surface area contributed by atoms with Crippen LogP contribution in [0.1, 0.15) is 24.3 Å². The molecule has 24 heavy (non-hydrogen) atoms. The molecule has 1 aromatic heterocycles. The fourth-order valence-corrected chi connectivity index (χ4v) is 3.17. The topological polar surface area (TPSA) is 43.3 Å². The molecular formula is C19H19BrN2O2. The minimum atomic E-state index is -0.146. The molecule has 0 atom stereocenters. The van der Waals surface area contributed by atoms with Crippen molar-refractivity contribution in [2.45, 2.75) is 20.4 Å². The van der Waals surface area contributed by atoms with E-state index >= 15 is 0 Å². The summed E-state index contributed by atoms with van der Waals surface area (Å²) in [6.07, 6.45) is 0. The molecule has 0 bridgehead atoms. The first-order chi connectivity index (χ1) is 11.6. The van der Waals surface area contributed by atoms with E-state index in [4.69, 9.17) is 4.74 Å². The fraction of sp³-hybridized carbons (Fsp3) is 0.211. The van der Waals surface area contributed by atoms with Crippen LogP contribution in [0.3, 0.4) is 0 Å². The van der Waals surface area contributed by atoms with Crippen LogP contribution < -0.4 is 10.1 Å². The summed E-state index contributed by atoms with van der Waals surface area (Å²) in [5.74, 6) is 0.514. The van der Waals surface area contributed by atoms with Crippen molar-refractivity contribution in [2.75, 3.05) is 11.9 Å². The summed E-state index contributed by atoms with van der Waals surface area (Å²) in [6, 6.07) is 15.5. The highest BCUT2D eigenvalue weighted by Crippen LogP contribution is 2.29. The van der Waals surface area contributed by atoms with E-state index in [1.807, 2.05) is 66.9 Å². The van der Waals surface area contributed by atoms with Gasteiger partial charge in [-0.05, 0) is 44.2 Å². The molecular weight excluding hydrogens is 368 g/mol. The van der Waals surface area contributed by atoms with Crippen molar-refractivity contribution in [1.82, 2.24) is 4.57 Å². The molecule has 0 spiro atoms. The second-order valence-corrected chi connectivity index (χ2v) is 6.28. The number of hydrogen-bond acceptors (Lipinski definition) is 2. The van der Waals surface area contributed by atoms with Crippen LogP contribution in [-0.2, 0) is 6.54 Å². The molecule has 0 radical (unpaired) electrons. The zero-order valence-electron chi connectivity index (χ0n) is 13.7. The molecule has 3 aromatic rings.